The van der Waals surface area contributed by atoms with Gasteiger partial charge in [-0.15, -0.1) is 13.2 Å². The van der Waals surface area contributed by atoms with Crippen LogP contribution in [0.4, 0.5) is 0 Å². The molecule has 2 amide bonds. The Labute approximate surface area is 165 Å². The number of carbonyl (C=O) groups excluding carboxylic acids is 4. The number of hydrogen-bond acceptors (Lipinski definition) is 6. The highest BCUT2D eigenvalue weighted by molar-refractivity contribution is 5.97. The Morgan fingerprint density at radius 2 is 1.21 bits per heavy atom. The van der Waals surface area contributed by atoms with Crippen molar-refractivity contribution < 1.29 is 28.7 Å². The van der Waals surface area contributed by atoms with Crippen LogP contribution in [0.1, 0.15) is 51.4 Å². The lowest BCUT2D eigenvalue weighted by molar-refractivity contribution is -0.146. The Bertz CT molecular complexity index is 525. The Morgan fingerprint density at radius 3 is 1.57 bits per heavy atom. The van der Waals surface area contributed by atoms with Gasteiger partial charge in [-0.25, -0.2) is 0 Å². The van der Waals surface area contributed by atoms with Crippen LogP contribution in [0.3, 0.4) is 0 Å². The standard InChI is InChI=1S/C20H30N2O6/c1-3-5-7-13-27-17(23)11-9-15-19(25)22-16(20(26)21-15)10-12-18(24)28-14-8-6-4-2/h3-4,15-16H,1-2,5-14H2,(H,21,26)(H,22,25)/t15-,16-/m0/s1. The highest BCUT2D eigenvalue weighted by Crippen LogP contribution is 2.09. The van der Waals surface area contributed by atoms with Gasteiger partial charge >= 0.3 is 11.9 Å². The van der Waals surface area contributed by atoms with Gasteiger partial charge in [0.2, 0.25) is 11.8 Å². The van der Waals surface area contributed by atoms with Crippen molar-refractivity contribution >= 4 is 23.8 Å². The quantitative estimate of drug-likeness (QED) is 0.263. The van der Waals surface area contributed by atoms with Crippen LogP contribution in [0.5, 0.6) is 0 Å². The molecule has 0 bridgehead atoms. The fourth-order valence-corrected chi connectivity index (χ4v) is 2.58. The van der Waals surface area contributed by atoms with Crippen molar-refractivity contribution in [3.63, 3.8) is 0 Å². The molecule has 0 radical (unpaired) electrons. The van der Waals surface area contributed by atoms with Crippen LogP contribution in [-0.2, 0) is 28.7 Å². The molecule has 0 aromatic heterocycles. The smallest absolute Gasteiger partial charge is 0.305 e. The third kappa shape index (κ3) is 9.34. The summed E-state index contributed by atoms with van der Waals surface area (Å²) in [6, 6.07) is -1.56. The van der Waals surface area contributed by atoms with Gasteiger partial charge in [0.05, 0.1) is 13.2 Å². The third-order valence-corrected chi connectivity index (χ3v) is 4.17. The molecule has 8 heteroatoms. The highest BCUT2D eigenvalue weighted by atomic mass is 16.5. The maximum absolute atomic E-state index is 12.1. The number of piperazine rings is 1. The van der Waals surface area contributed by atoms with Gasteiger partial charge in [-0.3, -0.25) is 19.2 Å². The maximum atomic E-state index is 12.1. The summed E-state index contributed by atoms with van der Waals surface area (Å²) < 4.78 is 10.1. The molecule has 1 rings (SSSR count). The van der Waals surface area contributed by atoms with Crippen molar-refractivity contribution in [2.45, 2.75) is 63.5 Å². The monoisotopic (exact) mass is 394 g/mol. The fourth-order valence-electron chi connectivity index (χ4n) is 2.58. The summed E-state index contributed by atoms with van der Waals surface area (Å²) in [5, 5.41) is 5.19. The van der Waals surface area contributed by atoms with E-state index in [1.54, 1.807) is 12.2 Å². The van der Waals surface area contributed by atoms with E-state index in [-0.39, 0.29) is 37.5 Å². The van der Waals surface area contributed by atoms with Crippen LogP contribution >= 0.6 is 0 Å². The lowest BCUT2D eigenvalue weighted by atomic mass is 10.0. The molecule has 0 unspecified atom stereocenters. The number of nitrogens with one attached hydrogen (secondary N) is 2. The first kappa shape index (κ1) is 23.4. The number of hydrogen-bond donors (Lipinski definition) is 2. The molecule has 1 aliphatic rings. The van der Waals surface area contributed by atoms with Crippen LogP contribution in [0.2, 0.25) is 0 Å². The predicted molar refractivity (Wildman–Crippen MR) is 103 cm³/mol. The Balaban J connectivity index is 2.27. The zero-order valence-corrected chi connectivity index (χ0v) is 16.2. The predicted octanol–water partition coefficient (Wildman–Crippen LogP) is 1.55. The van der Waals surface area contributed by atoms with E-state index >= 15 is 0 Å². The molecule has 156 valence electrons. The average molecular weight is 394 g/mol. The van der Waals surface area contributed by atoms with Crippen molar-refractivity contribution in [1.82, 2.24) is 10.6 Å². The highest BCUT2D eigenvalue weighted by Gasteiger charge is 2.33. The lowest BCUT2D eigenvalue weighted by Crippen LogP contribution is -2.61. The van der Waals surface area contributed by atoms with E-state index in [9.17, 15) is 19.2 Å². The maximum Gasteiger partial charge on any atom is 0.305 e. The van der Waals surface area contributed by atoms with Crippen molar-refractivity contribution in [3.8, 4) is 0 Å². The van der Waals surface area contributed by atoms with Crippen LogP contribution in [-0.4, -0.2) is 49.1 Å². The molecule has 0 spiro atoms. The van der Waals surface area contributed by atoms with E-state index in [2.05, 4.69) is 23.8 Å². The zero-order valence-electron chi connectivity index (χ0n) is 16.2. The van der Waals surface area contributed by atoms with E-state index in [0.29, 0.717) is 26.1 Å². The van der Waals surface area contributed by atoms with Crippen molar-refractivity contribution in [3.05, 3.63) is 25.3 Å². The average Bonchev–Trinajstić information content (AvgIpc) is 2.67. The summed E-state index contributed by atoms with van der Waals surface area (Å²) in [6.45, 7) is 7.78. The van der Waals surface area contributed by atoms with Crippen LogP contribution in [0.15, 0.2) is 25.3 Å². The molecular weight excluding hydrogens is 364 g/mol. The summed E-state index contributed by atoms with van der Waals surface area (Å²) in [5.41, 5.74) is 0. The summed E-state index contributed by atoms with van der Waals surface area (Å²) in [6.07, 6.45) is 6.82. The summed E-state index contributed by atoms with van der Waals surface area (Å²) in [5.74, 6) is -1.56. The molecule has 2 N–H and O–H groups in total. The number of carbonyl (C=O) groups is 4. The van der Waals surface area contributed by atoms with E-state index in [0.717, 1.165) is 12.8 Å². The largest absolute Gasteiger partial charge is 0.466 e. The van der Waals surface area contributed by atoms with Crippen LogP contribution in [0, 0.1) is 0 Å². The summed E-state index contributed by atoms with van der Waals surface area (Å²) in [4.78, 5) is 47.6. The second-order valence-corrected chi connectivity index (χ2v) is 6.50. The van der Waals surface area contributed by atoms with E-state index in [1.165, 1.54) is 0 Å². The van der Waals surface area contributed by atoms with Gasteiger partial charge in [0.15, 0.2) is 0 Å². The minimum Gasteiger partial charge on any atom is -0.466 e. The topological polar surface area (TPSA) is 111 Å². The first-order chi connectivity index (χ1) is 13.5. The normalized spacial score (nSPS) is 18.6. The fraction of sp³-hybridized carbons (Fsp3) is 0.600. The second kappa shape index (κ2) is 13.5. The molecule has 0 aromatic rings. The molecule has 0 aliphatic carbocycles. The number of esters is 2. The molecule has 0 saturated carbocycles. The third-order valence-electron chi connectivity index (χ3n) is 4.17. The van der Waals surface area contributed by atoms with Gasteiger partial charge in [0, 0.05) is 12.8 Å². The number of allylic oxidation sites excluding steroid dienone is 2. The molecule has 2 atom stereocenters. The number of unbranched alkanes of at least 4 members (excludes halogenated alkanes) is 2. The molecule has 28 heavy (non-hydrogen) atoms. The van der Waals surface area contributed by atoms with Gasteiger partial charge in [-0.05, 0) is 38.5 Å². The van der Waals surface area contributed by atoms with E-state index in [1.807, 2.05) is 0 Å². The van der Waals surface area contributed by atoms with Gasteiger partial charge in [-0.2, -0.15) is 0 Å². The number of ether oxygens (including phenoxy) is 2. The molecular formula is C20H30N2O6. The minimum atomic E-state index is -0.782. The van der Waals surface area contributed by atoms with Gasteiger partial charge in [0.25, 0.3) is 0 Å². The van der Waals surface area contributed by atoms with Crippen molar-refractivity contribution in [1.29, 1.82) is 0 Å². The summed E-state index contributed by atoms with van der Waals surface area (Å²) >= 11 is 0. The number of amides is 2. The zero-order chi connectivity index (χ0) is 20.8. The first-order valence-electron chi connectivity index (χ1n) is 9.61. The molecule has 1 aliphatic heterocycles. The SMILES string of the molecule is C=CCCCOC(=O)CC[C@@H]1NC(=O)[C@H](CCC(=O)OCCCC=C)NC1=O. The Hall–Kier alpha value is -2.64. The molecule has 1 heterocycles. The second-order valence-electron chi connectivity index (χ2n) is 6.50. The summed E-state index contributed by atoms with van der Waals surface area (Å²) in [7, 11) is 0. The molecule has 0 aromatic carbocycles. The van der Waals surface area contributed by atoms with Gasteiger partial charge in [0.1, 0.15) is 12.1 Å². The van der Waals surface area contributed by atoms with Crippen molar-refractivity contribution in [2.75, 3.05) is 13.2 Å². The first-order valence-corrected chi connectivity index (χ1v) is 9.61. The van der Waals surface area contributed by atoms with Gasteiger partial charge in [-0.1, -0.05) is 12.2 Å². The van der Waals surface area contributed by atoms with Crippen LogP contribution < -0.4 is 10.6 Å². The van der Waals surface area contributed by atoms with Crippen molar-refractivity contribution in [2.24, 2.45) is 0 Å². The van der Waals surface area contributed by atoms with E-state index in [4.69, 9.17) is 9.47 Å². The molecule has 1 saturated heterocycles. The van der Waals surface area contributed by atoms with Crippen LogP contribution in [0.25, 0.3) is 0 Å². The lowest BCUT2D eigenvalue weighted by Gasteiger charge is -2.29. The minimum absolute atomic E-state index is 0.0359. The Kier molecular flexibility index (Phi) is 11.3. The Morgan fingerprint density at radius 1 is 0.821 bits per heavy atom. The molecule has 8 nitrogen and oxygen atoms in total. The molecule has 1 fully saturated rings. The number of rotatable bonds is 14. The van der Waals surface area contributed by atoms with E-state index < -0.39 is 24.0 Å². The van der Waals surface area contributed by atoms with Gasteiger partial charge < -0.3 is 20.1 Å².